The minimum absolute atomic E-state index is 0.0560. The van der Waals surface area contributed by atoms with Crippen molar-refractivity contribution >= 4 is 23.3 Å². The molecule has 5 rings (SSSR count). The summed E-state index contributed by atoms with van der Waals surface area (Å²) in [6.07, 6.45) is -5.06. The predicted molar refractivity (Wildman–Crippen MR) is 142 cm³/mol. The zero-order chi connectivity index (χ0) is 30.0. The Morgan fingerprint density at radius 1 is 1.02 bits per heavy atom. The molecule has 0 aliphatic rings. The number of aliphatic hydroxyl groups is 1. The molecule has 3 aromatic heterocycles. The smallest absolute Gasteiger partial charge is 0.382 e. The van der Waals surface area contributed by atoms with Crippen LogP contribution in [0.2, 0.25) is 5.02 Å². The van der Waals surface area contributed by atoms with Crippen molar-refractivity contribution in [2.75, 3.05) is 5.32 Å². The van der Waals surface area contributed by atoms with Gasteiger partial charge in [0.2, 0.25) is 0 Å². The van der Waals surface area contributed by atoms with Gasteiger partial charge in [0, 0.05) is 22.3 Å². The highest BCUT2D eigenvalue weighted by molar-refractivity contribution is 6.30. The van der Waals surface area contributed by atoms with Gasteiger partial charge in [-0.2, -0.15) is 13.2 Å². The van der Waals surface area contributed by atoms with Crippen molar-refractivity contribution in [3.8, 4) is 17.1 Å². The van der Waals surface area contributed by atoms with E-state index in [2.05, 4.69) is 25.5 Å². The number of aliphatic hydroxyl groups excluding tert-OH is 1. The summed E-state index contributed by atoms with van der Waals surface area (Å²) in [6.45, 7) is -1.42. The molecule has 0 fully saturated rings. The van der Waals surface area contributed by atoms with E-state index in [0.717, 1.165) is 16.8 Å². The van der Waals surface area contributed by atoms with Crippen LogP contribution < -0.4 is 11.0 Å². The van der Waals surface area contributed by atoms with Crippen LogP contribution >= 0.6 is 11.6 Å². The number of nitrogens with one attached hydrogen (secondary N) is 1. The highest BCUT2D eigenvalue weighted by Crippen LogP contribution is 2.24. The third kappa shape index (κ3) is 6.21. The van der Waals surface area contributed by atoms with Crippen LogP contribution in [0, 0.1) is 5.82 Å². The van der Waals surface area contributed by atoms with Gasteiger partial charge >= 0.3 is 11.9 Å². The van der Waals surface area contributed by atoms with E-state index in [1.54, 1.807) is 12.1 Å². The maximum atomic E-state index is 13.2. The highest BCUT2D eigenvalue weighted by Gasteiger charge is 2.39. The second-order valence-electron chi connectivity index (χ2n) is 8.88. The number of alkyl halides is 3. The first-order valence-electron chi connectivity index (χ1n) is 12.1. The lowest BCUT2D eigenvalue weighted by molar-refractivity contribution is -0.207. The van der Waals surface area contributed by atoms with Gasteiger partial charge in [0.25, 0.3) is 5.91 Å². The summed E-state index contributed by atoms with van der Waals surface area (Å²) in [5, 5.41) is 21.1. The molecule has 0 aliphatic heterocycles. The van der Waals surface area contributed by atoms with Crippen molar-refractivity contribution in [3.05, 3.63) is 106 Å². The first-order chi connectivity index (χ1) is 20.0. The van der Waals surface area contributed by atoms with Gasteiger partial charge < -0.3 is 10.4 Å². The number of anilines is 1. The van der Waals surface area contributed by atoms with Crippen LogP contribution in [0.15, 0.2) is 78.0 Å². The molecule has 0 radical (unpaired) electrons. The van der Waals surface area contributed by atoms with Gasteiger partial charge in [-0.3, -0.25) is 9.36 Å². The zero-order valence-corrected chi connectivity index (χ0v) is 22.0. The number of nitrogens with zero attached hydrogens (tertiary/aromatic N) is 7. The maximum Gasteiger partial charge on any atom is 0.416 e. The minimum atomic E-state index is -4.97. The molecule has 1 amide bonds. The molecular weight excluding hydrogens is 584 g/mol. The molecule has 0 bridgehead atoms. The summed E-state index contributed by atoms with van der Waals surface area (Å²) >= 11 is 5.91. The number of hydrogen-bond donors (Lipinski definition) is 2. The standard InChI is InChI=1S/C26H19ClF4N8O3/c27-17-7-3-15(4-8-17)23-36-38(25(42)37(23)12-20(40)26(29,30)31)13-21-33-14-39(35-21)19-2-1-11-32-22(19)34-24(41)16-5-9-18(28)10-6-16/h1-11,14,20,40H,12-13H2,(H,32,34,41)/t20-/m0/s1. The number of halogens is 5. The molecule has 2 N–H and O–H groups in total. The van der Waals surface area contributed by atoms with E-state index in [1.165, 1.54) is 53.6 Å². The summed E-state index contributed by atoms with van der Waals surface area (Å²) in [5.74, 6) is -1.02. The van der Waals surface area contributed by atoms with Gasteiger partial charge in [-0.15, -0.1) is 10.2 Å². The van der Waals surface area contributed by atoms with Crippen molar-refractivity contribution in [2.45, 2.75) is 25.4 Å². The molecule has 0 saturated heterocycles. The van der Waals surface area contributed by atoms with Crippen molar-refractivity contribution in [2.24, 2.45) is 0 Å². The first kappa shape index (κ1) is 28.6. The van der Waals surface area contributed by atoms with E-state index >= 15 is 0 Å². The molecule has 5 aromatic rings. The van der Waals surface area contributed by atoms with Gasteiger partial charge in [-0.05, 0) is 60.7 Å². The van der Waals surface area contributed by atoms with Crippen LogP contribution in [-0.2, 0) is 13.1 Å². The Kier molecular flexibility index (Phi) is 7.87. The maximum absolute atomic E-state index is 13.2. The summed E-state index contributed by atoms with van der Waals surface area (Å²) in [6, 6.07) is 14.0. The molecule has 0 saturated carbocycles. The lowest BCUT2D eigenvalue weighted by atomic mass is 10.2. The lowest BCUT2D eigenvalue weighted by Crippen LogP contribution is -2.37. The van der Waals surface area contributed by atoms with E-state index in [9.17, 15) is 32.3 Å². The Labute approximate surface area is 238 Å². The fourth-order valence-corrected chi connectivity index (χ4v) is 4.00. The van der Waals surface area contributed by atoms with Crippen molar-refractivity contribution < 1.29 is 27.5 Å². The van der Waals surface area contributed by atoms with Gasteiger partial charge in [-0.1, -0.05) is 11.6 Å². The molecule has 16 heteroatoms. The van der Waals surface area contributed by atoms with Crippen LogP contribution in [0.3, 0.4) is 0 Å². The topological polar surface area (TPSA) is 133 Å². The fourth-order valence-electron chi connectivity index (χ4n) is 3.88. The molecule has 0 spiro atoms. The minimum Gasteiger partial charge on any atom is -0.382 e. The summed E-state index contributed by atoms with van der Waals surface area (Å²) in [4.78, 5) is 34.1. The number of rotatable bonds is 8. The Morgan fingerprint density at radius 3 is 2.43 bits per heavy atom. The quantitative estimate of drug-likeness (QED) is 0.259. The van der Waals surface area contributed by atoms with E-state index < -0.39 is 36.2 Å². The number of carbonyl (C=O) groups excluding carboxylic acids is 1. The summed E-state index contributed by atoms with van der Waals surface area (Å²) in [5.41, 5.74) is -0.151. The number of pyridine rings is 1. The highest BCUT2D eigenvalue weighted by atomic mass is 35.5. The number of amides is 1. The van der Waals surface area contributed by atoms with Gasteiger partial charge in [-0.25, -0.2) is 28.5 Å². The third-order valence-corrected chi connectivity index (χ3v) is 6.21. The first-order valence-corrected chi connectivity index (χ1v) is 12.5. The number of benzene rings is 2. The molecule has 1 atom stereocenters. The zero-order valence-electron chi connectivity index (χ0n) is 21.2. The Hall–Kier alpha value is -4.89. The van der Waals surface area contributed by atoms with Crippen LogP contribution in [0.5, 0.6) is 0 Å². The number of carbonyl (C=O) groups is 1. The van der Waals surface area contributed by atoms with Gasteiger partial charge in [0.05, 0.1) is 6.54 Å². The molecule has 0 unspecified atom stereocenters. The SMILES string of the molecule is O=C(Nc1ncccc1-n1cnc(Cn2nc(-c3ccc(Cl)cc3)n(C[C@H](O)C(F)(F)F)c2=O)n1)c1ccc(F)cc1. The van der Waals surface area contributed by atoms with Crippen molar-refractivity contribution in [1.29, 1.82) is 0 Å². The van der Waals surface area contributed by atoms with E-state index in [-0.39, 0.29) is 29.6 Å². The summed E-state index contributed by atoms with van der Waals surface area (Å²) in [7, 11) is 0. The molecule has 2 aromatic carbocycles. The Bertz CT molecular complexity index is 1780. The van der Waals surface area contributed by atoms with Gasteiger partial charge in [0.1, 0.15) is 24.4 Å². The normalized spacial score (nSPS) is 12.3. The summed E-state index contributed by atoms with van der Waals surface area (Å²) < 4.78 is 55.4. The lowest BCUT2D eigenvalue weighted by Gasteiger charge is -2.15. The molecular formula is C26H19ClF4N8O3. The number of hydrogen-bond acceptors (Lipinski definition) is 7. The molecule has 0 aliphatic carbocycles. The second-order valence-corrected chi connectivity index (χ2v) is 9.31. The van der Waals surface area contributed by atoms with Crippen LogP contribution in [0.4, 0.5) is 23.4 Å². The monoisotopic (exact) mass is 602 g/mol. The molecule has 42 heavy (non-hydrogen) atoms. The van der Waals surface area contributed by atoms with Crippen LogP contribution in [0.25, 0.3) is 17.1 Å². The fraction of sp³-hybridized carbons (Fsp3) is 0.154. The van der Waals surface area contributed by atoms with E-state index in [0.29, 0.717) is 20.8 Å². The van der Waals surface area contributed by atoms with Crippen LogP contribution in [0.1, 0.15) is 16.2 Å². The molecule has 216 valence electrons. The largest absolute Gasteiger partial charge is 0.416 e. The van der Waals surface area contributed by atoms with Crippen molar-refractivity contribution in [3.63, 3.8) is 0 Å². The second kappa shape index (κ2) is 11.5. The average molecular weight is 603 g/mol. The Balaban J connectivity index is 1.43. The third-order valence-electron chi connectivity index (χ3n) is 5.96. The number of aromatic nitrogens is 7. The van der Waals surface area contributed by atoms with E-state index in [4.69, 9.17) is 11.6 Å². The Morgan fingerprint density at radius 2 is 1.74 bits per heavy atom. The van der Waals surface area contributed by atoms with Gasteiger partial charge in [0.15, 0.2) is 23.6 Å². The van der Waals surface area contributed by atoms with Crippen molar-refractivity contribution in [1.82, 2.24) is 34.1 Å². The molecule has 3 heterocycles. The molecule has 11 nitrogen and oxygen atoms in total. The predicted octanol–water partition coefficient (Wildman–Crippen LogP) is 3.70. The average Bonchev–Trinajstić information content (AvgIpc) is 3.54. The van der Waals surface area contributed by atoms with E-state index in [1.807, 2.05) is 0 Å². The van der Waals surface area contributed by atoms with Crippen LogP contribution in [-0.4, -0.2) is 57.4 Å².